The van der Waals surface area contributed by atoms with Gasteiger partial charge in [0.1, 0.15) is 11.0 Å². The molecular formula is C24H29N5O3. The Hall–Kier alpha value is -2.68. The van der Waals surface area contributed by atoms with Crippen LogP contribution in [0.25, 0.3) is 11.0 Å². The number of ether oxygens (including phenoxy) is 2. The van der Waals surface area contributed by atoms with E-state index >= 15 is 0 Å². The second-order valence-corrected chi connectivity index (χ2v) is 9.12. The maximum absolute atomic E-state index is 5.53. The molecule has 168 valence electrons. The first-order chi connectivity index (χ1) is 15.8. The van der Waals surface area contributed by atoms with Gasteiger partial charge >= 0.3 is 0 Å². The van der Waals surface area contributed by atoms with Gasteiger partial charge in [0.05, 0.1) is 0 Å². The van der Waals surface area contributed by atoms with E-state index in [0.29, 0.717) is 12.8 Å². The van der Waals surface area contributed by atoms with Crippen molar-refractivity contribution in [1.82, 2.24) is 25.0 Å². The van der Waals surface area contributed by atoms with Crippen molar-refractivity contribution in [2.45, 2.75) is 32.0 Å². The van der Waals surface area contributed by atoms with Gasteiger partial charge < -0.3 is 9.47 Å². The Morgan fingerprint density at radius 1 is 0.781 bits per heavy atom. The summed E-state index contributed by atoms with van der Waals surface area (Å²) in [7, 11) is 0. The van der Waals surface area contributed by atoms with Crippen molar-refractivity contribution >= 4 is 11.0 Å². The quantitative estimate of drug-likeness (QED) is 0.606. The van der Waals surface area contributed by atoms with Crippen LogP contribution in [0.1, 0.15) is 24.0 Å². The molecule has 0 unspecified atom stereocenters. The predicted octanol–water partition coefficient (Wildman–Crippen LogP) is 2.73. The molecule has 3 aromatic rings. The molecule has 1 atom stereocenters. The van der Waals surface area contributed by atoms with Gasteiger partial charge in [-0.15, -0.1) is 0 Å². The molecule has 32 heavy (non-hydrogen) atoms. The lowest BCUT2D eigenvalue weighted by atomic mass is 10.0. The largest absolute Gasteiger partial charge is 0.454 e. The first-order valence-electron chi connectivity index (χ1n) is 11.6. The Morgan fingerprint density at radius 2 is 1.56 bits per heavy atom. The monoisotopic (exact) mass is 435 g/mol. The van der Waals surface area contributed by atoms with Gasteiger partial charge in [-0.25, -0.2) is 4.63 Å². The van der Waals surface area contributed by atoms with Crippen LogP contribution in [0.4, 0.5) is 0 Å². The van der Waals surface area contributed by atoms with E-state index in [1.807, 2.05) is 12.1 Å². The number of rotatable bonds is 5. The maximum atomic E-state index is 5.53. The molecule has 0 radical (unpaired) electrons. The number of nitrogens with zero attached hydrogens (tertiary/aromatic N) is 5. The molecule has 8 nitrogen and oxygen atoms in total. The molecule has 2 aromatic carbocycles. The Labute approximate surface area is 187 Å². The van der Waals surface area contributed by atoms with E-state index in [0.717, 1.165) is 74.9 Å². The Kier molecular flexibility index (Phi) is 5.42. The normalized spacial score (nSPS) is 22.6. The van der Waals surface area contributed by atoms with Crippen LogP contribution in [0.5, 0.6) is 11.5 Å². The minimum absolute atomic E-state index is 0.335. The van der Waals surface area contributed by atoms with Gasteiger partial charge in [-0.3, -0.25) is 14.7 Å². The van der Waals surface area contributed by atoms with Crippen molar-refractivity contribution in [1.29, 1.82) is 0 Å². The second-order valence-electron chi connectivity index (χ2n) is 9.12. The number of benzene rings is 2. The first-order valence-corrected chi connectivity index (χ1v) is 11.6. The van der Waals surface area contributed by atoms with Crippen LogP contribution in [0, 0.1) is 0 Å². The highest BCUT2D eigenvalue weighted by Crippen LogP contribution is 2.33. The summed E-state index contributed by atoms with van der Waals surface area (Å²) in [5.74, 6) is 1.74. The third-order valence-corrected chi connectivity index (χ3v) is 6.97. The van der Waals surface area contributed by atoms with Gasteiger partial charge in [0.2, 0.25) is 6.79 Å². The van der Waals surface area contributed by atoms with Gasteiger partial charge in [0, 0.05) is 51.9 Å². The van der Waals surface area contributed by atoms with Crippen molar-refractivity contribution in [3.8, 4) is 11.5 Å². The van der Waals surface area contributed by atoms with E-state index in [1.54, 1.807) is 0 Å². The lowest BCUT2D eigenvalue weighted by Crippen LogP contribution is -2.54. The number of likely N-dealkylation sites (tertiary alicyclic amines) is 1. The Bertz CT molecular complexity index is 1080. The van der Waals surface area contributed by atoms with Crippen molar-refractivity contribution < 1.29 is 14.1 Å². The lowest BCUT2D eigenvalue weighted by molar-refractivity contribution is 0.0477. The van der Waals surface area contributed by atoms with E-state index in [2.05, 4.69) is 49.3 Å². The van der Waals surface area contributed by atoms with Gasteiger partial charge in [-0.1, -0.05) is 12.1 Å². The van der Waals surface area contributed by atoms with Crippen molar-refractivity contribution in [2.75, 3.05) is 46.1 Å². The highest BCUT2D eigenvalue weighted by atomic mass is 16.7. The average Bonchev–Trinajstić information content (AvgIpc) is 3.48. The third-order valence-electron chi connectivity index (χ3n) is 6.97. The van der Waals surface area contributed by atoms with E-state index in [9.17, 15) is 0 Å². The molecular weight excluding hydrogens is 406 g/mol. The Balaban J connectivity index is 1.02. The summed E-state index contributed by atoms with van der Waals surface area (Å²) in [5, 5.41) is 7.89. The standard InChI is InChI=1S/C24H29N5O3/c1-2-20(16-28(7-1)15-18-3-5-21-22(12-18)26-32-25-21)29-10-8-27(9-11-29)14-19-4-6-23-24(13-19)31-17-30-23/h3-6,12-13,20H,1-2,7-11,14-17H2/t20-/m1/s1. The molecule has 0 saturated carbocycles. The summed E-state index contributed by atoms with van der Waals surface area (Å²) >= 11 is 0. The van der Waals surface area contributed by atoms with E-state index in [-0.39, 0.29) is 0 Å². The molecule has 3 aliphatic heterocycles. The van der Waals surface area contributed by atoms with E-state index < -0.39 is 0 Å². The molecule has 4 heterocycles. The van der Waals surface area contributed by atoms with Gasteiger partial charge in [-0.05, 0) is 65.1 Å². The fourth-order valence-electron chi connectivity index (χ4n) is 5.24. The van der Waals surface area contributed by atoms with Crippen molar-refractivity contribution in [3.63, 3.8) is 0 Å². The van der Waals surface area contributed by atoms with Crippen molar-refractivity contribution in [3.05, 3.63) is 47.5 Å². The smallest absolute Gasteiger partial charge is 0.231 e. The first kappa shape index (κ1) is 20.0. The third kappa shape index (κ3) is 4.18. The number of aromatic nitrogens is 2. The van der Waals surface area contributed by atoms with Crippen LogP contribution >= 0.6 is 0 Å². The van der Waals surface area contributed by atoms with Crippen LogP contribution in [0.2, 0.25) is 0 Å². The predicted molar refractivity (Wildman–Crippen MR) is 120 cm³/mol. The summed E-state index contributed by atoms with van der Waals surface area (Å²) in [6.45, 7) is 9.07. The molecule has 0 bridgehead atoms. The molecule has 6 rings (SSSR count). The van der Waals surface area contributed by atoms with Crippen LogP contribution in [0.3, 0.4) is 0 Å². The number of piperazine rings is 1. The maximum Gasteiger partial charge on any atom is 0.231 e. The summed E-state index contributed by atoms with van der Waals surface area (Å²) in [6, 6.07) is 13.2. The topological polar surface area (TPSA) is 67.1 Å². The zero-order chi connectivity index (χ0) is 21.3. The number of hydrogen-bond acceptors (Lipinski definition) is 8. The summed E-state index contributed by atoms with van der Waals surface area (Å²) < 4.78 is 15.8. The number of piperidine rings is 1. The summed E-state index contributed by atoms with van der Waals surface area (Å²) in [6.07, 6.45) is 2.56. The number of fused-ring (bicyclic) bond motifs is 2. The lowest BCUT2D eigenvalue weighted by Gasteiger charge is -2.43. The molecule has 0 spiro atoms. The van der Waals surface area contributed by atoms with Crippen LogP contribution in [-0.2, 0) is 13.1 Å². The van der Waals surface area contributed by atoms with Crippen LogP contribution in [-0.4, -0.2) is 77.1 Å². The highest BCUT2D eigenvalue weighted by Gasteiger charge is 2.28. The van der Waals surface area contributed by atoms with Gasteiger partial charge in [0.25, 0.3) is 0 Å². The van der Waals surface area contributed by atoms with Crippen LogP contribution < -0.4 is 9.47 Å². The molecule has 2 saturated heterocycles. The SMILES string of the molecule is c1cc2c(cc1CN1CCN([C@@H]3CCCN(Cc4ccc5nonc5c4)C3)CC1)OCO2. The molecule has 1 aromatic heterocycles. The number of hydrogen-bond donors (Lipinski definition) is 0. The molecule has 8 heteroatoms. The molecule has 0 aliphatic carbocycles. The minimum Gasteiger partial charge on any atom is -0.454 e. The zero-order valence-corrected chi connectivity index (χ0v) is 18.3. The zero-order valence-electron chi connectivity index (χ0n) is 18.3. The molecule has 0 N–H and O–H groups in total. The van der Waals surface area contributed by atoms with Gasteiger partial charge in [-0.2, -0.15) is 0 Å². The second kappa shape index (κ2) is 8.69. The molecule has 0 amide bonds. The Morgan fingerprint density at radius 3 is 2.50 bits per heavy atom. The van der Waals surface area contributed by atoms with Crippen LogP contribution in [0.15, 0.2) is 41.0 Å². The average molecular weight is 436 g/mol. The van der Waals surface area contributed by atoms with E-state index in [1.165, 1.54) is 24.0 Å². The van der Waals surface area contributed by atoms with Crippen molar-refractivity contribution in [2.24, 2.45) is 0 Å². The fourth-order valence-corrected chi connectivity index (χ4v) is 5.24. The molecule has 2 fully saturated rings. The summed E-state index contributed by atoms with van der Waals surface area (Å²) in [4.78, 5) is 7.84. The fraction of sp³-hybridized carbons (Fsp3) is 0.500. The highest BCUT2D eigenvalue weighted by molar-refractivity contribution is 5.73. The minimum atomic E-state index is 0.335. The summed E-state index contributed by atoms with van der Waals surface area (Å²) in [5.41, 5.74) is 4.24. The molecule has 3 aliphatic rings. The van der Waals surface area contributed by atoms with E-state index in [4.69, 9.17) is 14.1 Å². The van der Waals surface area contributed by atoms with Gasteiger partial charge in [0.15, 0.2) is 11.5 Å².